The number of hydrogen-bond acceptors (Lipinski definition) is 5. The summed E-state index contributed by atoms with van der Waals surface area (Å²) in [5.41, 5.74) is 3.23. The van der Waals surface area contributed by atoms with Crippen LogP contribution in [-0.2, 0) is 17.8 Å². The molecule has 4 rings (SSSR count). The maximum Gasteiger partial charge on any atom is 0.237 e. The predicted octanol–water partition coefficient (Wildman–Crippen LogP) is 3.82. The van der Waals surface area contributed by atoms with Gasteiger partial charge in [-0.05, 0) is 43.0 Å². The highest BCUT2D eigenvalue weighted by Gasteiger charge is 2.23. The van der Waals surface area contributed by atoms with Gasteiger partial charge in [0.15, 0.2) is 11.0 Å². The number of nitrogens with zero attached hydrogens (tertiary/aromatic N) is 5. The van der Waals surface area contributed by atoms with Gasteiger partial charge in [-0.15, -0.1) is 10.2 Å². The molecular formula is C21H23N5OS. The molecule has 3 aromatic rings. The van der Waals surface area contributed by atoms with E-state index in [1.165, 1.54) is 17.3 Å². The standard InChI is InChI=1S/C21H23N5OS/c1-2-12-26-20(17-8-5-11-22-14-17)23-24-21(26)28-15-19(27)25-13-6-9-16-7-3-4-10-18(16)25/h3-5,7-8,10-11,14H,2,6,9,12-13,15H2,1H3. The summed E-state index contributed by atoms with van der Waals surface area (Å²) in [5.74, 6) is 1.27. The maximum absolute atomic E-state index is 12.9. The third kappa shape index (κ3) is 3.80. The number of benzene rings is 1. The number of aryl methyl sites for hydroxylation is 1. The molecule has 0 spiro atoms. The molecule has 1 aliphatic heterocycles. The fraction of sp³-hybridized carbons (Fsp3) is 0.333. The molecule has 7 heteroatoms. The lowest BCUT2D eigenvalue weighted by Crippen LogP contribution is -2.36. The second kappa shape index (κ2) is 8.56. The molecule has 0 fully saturated rings. The topological polar surface area (TPSA) is 63.9 Å². The molecule has 0 bridgehead atoms. The quantitative estimate of drug-likeness (QED) is 0.596. The van der Waals surface area contributed by atoms with E-state index in [2.05, 4.69) is 32.7 Å². The van der Waals surface area contributed by atoms with Crippen molar-refractivity contribution < 1.29 is 4.79 Å². The molecule has 0 aliphatic carbocycles. The van der Waals surface area contributed by atoms with Gasteiger partial charge in [-0.1, -0.05) is 36.9 Å². The number of fused-ring (bicyclic) bond motifs is 1. The number of para-hydroxylation sites is 1. The average Bonchev–Trinajstić information content (AvgIpc) is 3.15. The van der Waals surface area contributed by atoms with Crippen LogP contribution in [0.3, 0.4) is 0 Å². The number of carbonyl (C=O) groups excluding carboxylic acids is 1. The van der Waals surface area contributed by atoms with Gasteiger partial charge in [-0.3, -0.25) is 9.78 Å². The fourth-order valence-corrected chi connectivity index (χ4v) is 4.37. The largest absolute Gasteiger partial charge is 0.311 e. The molecule has 0 radical (unpaired) electrons. The Labute approximate surface area is 169 Å². The van der Waals surface area contributed by atoms with Crippen molar-refractivity contribution in [2.45, 2.75) is 37.9 Å². The Balaban J connectivity index is 1.51. The minimum atomic E-state index is 0.117. The number of pyridine rings is 1. The normalized spacial score (nSPS) is 13.4. The van der Waals surface area contributed by atoms with Crippen molar-refractivity contribution in [2.24, 2.45) is 0 Å². The smallest absolute Gasteiger partial charge is 0.237 e. The van der Waals surface area contributed by atoms with Crippen molar-refractivity contribution >= 4 is 23.4 Å². The molecule has 28 heavy (non-hydrogen) atoms. The lowest BCUT2D eigenvalue weighted by molar-refractivity contribution is -0.116. The minimum absolute atomic E-state index is 0.117. The molecular weight excluding hydrogens is 370 g/mol. The highest BCUT2D eigenvalue weighted by atomic mass is 32.2. The molecule has 144 valence electrons. The van der Waals surface area contributed by atoms with E-state index in [9.17, 15) is 4.79 Å². The molecule has 0 saturated heterocycles. The van der Waals surface area contributed by atoms with E-state index in [1.54, 1.807) is 12.4 Å². The first kappa shape index (κ1) is 18.7. The average molecular weight is 394 g/mol. The highest BCUT2D eigenvalue weighted by Crippen LogP contribution is 2.29. The van der Waals surface area contributed by atoms with Gasteiger partial charge in [0.1, 0.15) is 0 Å². The van der Waals surface area contributed by atoms with Crippen LogP contribution in [0.5, 0.6) is 0 Å². The lowest BCUT2D eigenvalue weighted by atomic mass is 10.0. The molecule has 3 heterocycles. The van der Waals surface area contributed by atoms with Crippen molar-refractivity contribution in [3.05, 3.63) is 54.4 Å². The molecule has 0 unspecified atom stereocenters. The highest BCUT2D eigenvalue weighted by molar-refractivity contribution is 7.99. The summed E-state index contributed by atoms with van der Waals surface area (Å²) in [6.07, 6.45) is 6.54. The van der Waals surface area contributed by atoms with Crippen molar-refractivity contribution in [1.29, 1.82) is 0 Å². The predicted molar refractivity (Wildman–Crippen MR) is 111 cm³/mol. The minimum Gasteiger partial charge on any atom is -0.311 e. The number of aromatic nitrogens is 4. The number of rotatable bonds is 6. The Kier molecular flexibility index (Phi) is 5.71. The third-order valence-corrected chi connectivity index (χ3v) is 5.77. The first-order valence-electron chi connectivity index (χ1n) is 9.62. The summed E-state index contributed by atoms with van der Waals surface area (Å²) >= 11 is 1.46. The van der Waals surface area contributed by atoms with Gasteiger partial charge >= 0.3 is 0 Å². The second-order valence-corrected chi connectivity index (χ2v) is 7.71. The van der Waals surface area contributed by atoms with Gasteiger partial charge in [-0.25, -0.2) is 0 Å². The van der Waals surface area contributed by atoms with Crippen molar-refractivity contribution in [3.63, 3.8) is 0 Å². The van der Waals surface area contributed by atoms with Crippen LogP contribution in [0.15, 0.2) is 53.9 Å². The van der Waals surface area contributed by atoms with E-state index in [1.807, 2.05) is 35.2 Å². The van der Waals surface area contributed by atoms with Gasteiger partial charge in [0.05, 0.1) is 5.75 Å². The van der Waals surface area contributed by atoms with Crippen LogP contribution in [0.25, 0.3) is 11.4 Å². The molecule has 1 aromatic carbocycles. The van der Waals surface area contributed by atoms with Crippen LogP contribution < -0.4 is 4.90 Å². The Morgan fingerprint density at radius 1 is 1.18 bits per heavy atom. The summed E-state index contributed by atoms with van der Waals surface area (Å²) in [5, 5.41) is 9.49. The first-order chi connectivity index (χ1) is 13.8. The van der Waals surface area contributed by atoms with Gasteiger partial charge in [0.2, 0.25) is 5.91 Å². The van der Waals surface area contributed by atoms with Crippen molar-refractivity contribution in [3.8, 4) is 11.4 Å². The summed E-state index contributed by atoms with van der Waals surface area (Å²) in [7, 11) is 0. The number of thioether (sulfide) groups is 1. The summed E-state index contributed by atoms with van der Waals surface area (Å²) in [6, 6.07) is 12.1. The van der Waals surface area contributed by atoms with Crippen molar-refractivity contribution in [2.75, 3.05) is 17.2 Å². The van der Waals surface area contributed by atoms with Gasteiger partial charge in [0, 0.05) is 36.7 Å². The van der Waals surface area contributed by atoms with E-state index in [0.717, 1.165) is 54.6 Å². The van der Waals surface area contributed by atoms with Crippen LogP contribution in [0.4, 0.5) is 5.69 Å². The molecule has 6 nitrogen and oxygen atoms in total. The summed E-state index contributed by atoms with van der Waals surface area (Å²) < 4.78 is 2.08. The van der Waals surface area contributed by atoms with E-state index >= 15 is 0 Å². The van der Waals surface area contributed by atoms with Crippen LogP contribution in [0.1, 0.15) is 25.3 Å². The van der Waals surface area contributed by atoms with E-state index < -0.39 is 0 Å². The Hall–Kier alpha value is -2.67. The van der Waals surface area contributed by atoms with Crippen LogP contribution in [0.2, 0.25) is 0 Å². The van der Waals surface area contributed by atoms with Crippen LogP contribution >= 0.6 is 11.8 Å². The molecule has 0 N–H and O–H groups in total. The van der Waals surface area contributed by atoms with Gasteiger partial charge in [0.25, 0.3) is 0 Å². The van der Waals surface area contributed by atoms with E-state index in [0.29, 0.717) is 5.75 Å². The zero-order valence-electron chi connectivity index (χ0n) is 15.9. The zero-order chi connectivity index (χ0) is 19.3. The number of anilines is 1. The number of carbonyl (C=O) groups is 1. The number of hydrogen-bond donors (Lipinski definition) is 0. The van der Waals surface area contributed by atoms with Crippen LogP contribution in [-0.4, -0.2) is 38.0 Å². The molecule has 0 atom stereocenters. The van der Waals surface area contributed by atoms with Gasteiger partial charge in [-0.2, -0.15) is 0 Å². The molecule has 2 aromatic heterocycles. The first-order valence-corrected chi connectivity index (χ1v) is 10.6. The van der Waals surface area contributed by atoms with Crippen molar-refractivity contribution in [1.82, 2.24) is 19.7 Å². The maximum atomic E-state index is 12.9. The lowest BCUT2D eigenvalue weighted by Gasteiger charge is -2.29. The van der Waals surface area contributed by atoms with Gasteiger partial charge < -0.3 is 9.47 Å². The monoisotopic (exact) mass is 393 g/mol. The Morgan fingerprint density at radius 2 is 2.07 bits per heavy atom. The van der Waals surface area contributed by atoms with E-state index in [4.69, 9.17) is 0 Å². The number of amides is 1. The second-order valence-electron chi connectivity index (χ2n) is 6.77. The fourth-order valence-electron chi connectivity index (χ4n) is 3.53. The Bertz CT molecular complexity index is 956. The SMILES string of the molecule is CCCn1c(SCC(=O)N2CCCc3ccccc32)nnc1-c1cccnc1. The summed E-state index contributed by atoms with van der Waals surface area (Å²) in [4.78, 5) is 19.0. The molecule has 1 aliphatic rings. The zero-order valence-corrected chi connectivity index (χ0v) is 16.7. The molecule has 1 amide bonds. The van der Waals surface area contributed by atoms with Crippen LogP contribution in [0, 0.1) is 0 Å². The van der Waals surface area contributed by atoms with E-state index in [-0.39, 0.29) is 5.91 Å². The third-order valence-electron chi connectivity index (χ3n) is 4.82. The molecule has 0 saturated carbocycles. The summed E-state index contributed by atoms with van der Waals surface area (Å²) in [6.45, 7) is 3.70. The Morgan fingerprint density at radius 3 is 2.89 bits per heavy atom.